The Morgan fingerprint density at radius 3 is 2.68 bits per heavy atom. The predicted molar refractivity (Wildman–Crippen MR) is 105 cm³/mol. The molecule has 0 aliphatic carbocycles. The third-order valence-corrected chi connectivity index (χ3v) is 4.28. The fourth-order valence-corrected chi connectivity index (χ4v) is 2.86. The summed E-state index contributed by atoms with van der Waals surface area (Å²) in [4.78, 5) is 23.0. The van der Waals surface area contributed by atoms with E-state index in [1.807, 2.05) is 0 Å². The number of aryl methyl sites for hydroxylation is 1. The van der Waals surface area contributed by atoms with Gasteiger partial charge in [-0.1, -0.05) is 29.3 Å². The molecular formula is C19H14Cl2N2O5. The van der Waals surface area contributed by atoms with Crippen LogP contribution in [0.2, 0.25) is 10.0 Å². The summed E-state index contributed by atoms with van der Waals surface area (Å²) in [6, 6.07) is 12.4. The lowest BCUT2D eigenvalue weighted by atomic mass is 10.2. The van der Waals surface area contributed by atoms with E-state index in [9.17, 15) is 14.9 Å². The summed E-state index contributed by atoms with van der Waals surface area (Å²) in [5.74, 6) is 0.191. The summed E-state index contributed by atoms with van der Waals surface area (Å²) in [5, 5.41) is 14.5. The van der Waals surface area contributed by atoms with E-state index in [0.29, 0.717) is 27.1 Å². The van der Waals surface area contributed by atoms with Crippen molar-refractivity contribution in [3.63, 3.8) is 0 Å². The van der Waals surface area contributed by atoms with E-state index in [-0.39, 0.29) is 23.7 Å². The Hall–Kier alpha value is -3.03. The first kappa shape index (κ1) is 19.7. The number of anilines is 1. The topological polar surface area (TPSA) is 94.6 Å². The van der Waals surface area contributed by atoms with Crippen LogP contribution in [0.3, 0.4) is 0 Å². The second kappa shape index (κ2) is 8.33. The van der Waals surface area contributed by atoms with Crippen molar-refractivity contribution >= 4 is 40.5 Å². The SMILES string of the molecule is Cc1ccc(NC(=O)c2ccc(COc3ccc(Cl)cc3Cl)o2)c([N+](=O)[O-])c1. The second-order valence-corrected chi connectivity index (χ2v) is 6.70. The minimum absolute atomic E-state index is 0.00400. The quantitative estimate of drug-likeness (QED) is 0.411. The Bertz CT molecular complexity index is 1050. The van der Waals surface area contributed by atoms with Crippen molar-refractivity contribution in [3.8, 4) is 5.75 Å². The van der Waals surface area contributed by atoms with Crippen molar-refractivity contribution < 1.29 is 18.9 Å². The zero-order valence-corrected chi connectivity index (χ0v) is 16.1. The smallest absolute Gasteiger partial charge is 0.293 e. The molecule has 0 unspecified atom stereocenters. The summed E-state index contributed by atoms with van der Waals surface area (Å²) in [6.45, 7) is 1.77. The number of nitro benzene ring substituents is 1. The summed E-state index contributed by atoms with van der Waals surface area (Å²) in [7, 11) is 0. The highest BCUT2D eigenvalue weighted by Crippen LogP contribution is 2.29. The number of carbonyl (C=O) groups excluding carboxylic acids is 1. The maximum absolute atomic E-state index is 12.3. The Kier molecular flexibility index (Phi) is 5.87. The van der Waals surface area contributed by atoms with E-state index in [1.54, 1.807) is 37.3 Å². The van der Waals surface area contributed by atoms with E-state index >= 15 is 0 Å². The van der Waals surface area contributed by atoms with E-state index in [0.717, 1.165) is 0 Å². The van der Waals surface area contributed by atoms with Crippen LogP contribution >= 0.6 is 23.2 Å². The van der Waals surface area contributed by atoms with E-state index in [2.05, 4.69) is 5.32 Å². The standard InChI is InChI=1S/C19H14Cl2N2O5/c1-11-2-5-15(16(8-11)23(25)26)22-19(24)18-7-4-13(28-18)10-27-17-6-3-12(20)9-14(17)21/h2-9H,10H2,1H3,(H,22,24). The average molecular weight is 421 g/mol. The van der Waals surface area contributed by atoms with Gasteiger partial charge in [-0.25, -0.2) is 0 Å². The number of hydrogen-bond acceptors (Lipinski definition) is 5. The fourth-order valence-electron chi connectivity index (χ4n) is 2.40. The minimum Gasteiger partial charge on any atom is -0.484 e. The lowest BCUT2D eigenvalue weighted by molar-refractivity contribution is -0.384. The molecule has 1 N–H and O–H groups in total. The van der Waals surface area contributed by atoms with Gasteiger partial charge < -0.3 is 14.5 Å². The average Bonchev–Trinajstić information content (AvgIpc) is 3.11. The number of furan rings is 1. The molecule has 144 valence electrons. The van der Waals surface area contributed by atoms with Crippen LogP contribution in [-0.4, -0.2) is 10.8 Å². The first-order chi connectivity index (χ1) is 13.3. The van der Waals surface area contributed by atoms with Gasteiger partial charge in [-0.15, -0.1) is 0 Å². The monoisotopic (exact) mass is 420 g/mol. The van der Waals surface area contributed by atoms with Crippen LogP contribution in [0.5, 0.6) is 5.75 Å². The highest BCUT2D eigenvalue weighted by Gasteiger charge is 2.19. The Morgan fingerprint density at radius 1 is 1.18 bits per heavy atom. The molecule has 3 aromatic rings. The third kappa shape index (κ3) is 4.62. The number of nitrogens with zero attached hydrogens (tertiary/aromatic N) is 1. The highest BCUT2D eigenvalue weighted by molar-refractivity contribution is 6.35. The Morgan fingerprint density at radius 2 is 1.96 bits per heavy atom. The molecule has 0 radical (unpaired) electrons. The van der Waals surface area contributed by atoms with Gasteiger partial charge in [0.25, 0.3) is 11.6 Å². The predicted octanol–water partition coefficient (Wildman–Crippen LogP) is 5.63. The molecule has 0 aliphatic rings. The molecule has 7 nitrogen and oxygen atoms in total. The summed E-state index contributed by atoms with van der Waals surface area (Å²) < 4.78 is 11.0. The van der Waals surface area contributed by atoms with Gasteiger partial charge >= 0.3 is 0 Å². The van der Waals surface area contributed by atoms with Crippen LogP contribution in [-0.2, 0) is 6.61 Å². The normalized spacial score (nSPS) is 10.5. The summed E-state index contributed by atoms with van der Waals surface area (Å²) in [6.07, 6.45) is 0. The van der Waals surface area contributed by atoms with Crippen molar-refractivity contribution in [1.29, 1.82) is 0 Å². The van der Waals surface area contributed by atoms with Gasteiger partial charge in [0.1, 0.15) is 23.8 Å². The number of ether oxygens (including phenoxy) is 1. The van der Waals surface area contributed by atoms with E-state index < -0.39 is 10.8 Å². The Labute approximate surface area is 170 Å². The number of amides is 1. The van der Waals surface area contributed by atoms with Crippen LogP contribution in [0.15, 0.2) is 52.9 Å². The number of benzene rings is 2. The number of hydrogen-bond donors (Lipinski definition) is 1. The molecule has 0 spiro atoms. The van der Waals surface area contributed by atoms with Crippen LogP contribution in [0.25, 0.3) is 0 Å². The maximum atomic E-state index is 12.3. The van der Waals surface area contributed by atoms with Crippen LogP contribution in [0, 0.1) is 17.0 Å². The number of carbonyl (C=O) groups is 1. The van der Waals surface area contributed by atoms with Gasteiger partial charge in [-0.05, 0) is 48.9 Å². The van der Waals surface area contributed by atoms with Gasteiger partial charge in [-0.3, -0.25) is 14.9 Å². The van der Waals surface area contributed by atoms with Gasteiger partial charge in [0.15, 0.2) is 5.76 Å². The molecule has 2 aromatic carbocycles. The van der Waals surface area contributed by atoms with Crippen molar-refractivity contribution in [2.24, 2.45) is 0 Å². The van der Waals surface area contributed by atoms with Crippen molar-refractivity contribution in [2.75, 3.05) is 5.32 Å². The molecule has 9 heteroatoms. The maximum Gasteiger partial charge on any atom is 0.293 e. The van der Waals surface area contributed by atoms with Crippen molar-refractivity contribution in [2.45, 2.75) is 13.5 Å². The molecule has 1 heterocycles. The minimum atomic E-state index is -0.609. The summed E-state index contributed by atoms with van der Waals surface area (Å²) >= 11 is 11.9. The molecule has 0 saturated carbocycles. The number of rotatable bonds is 6. The number of halogens is 2. The van der Waals surface area contributed by atoms with Gasteiger partial charge in [-0.2, -0.15) is 0 Å². The van der Waals surface area contributed by atoms with Crippen LogP contribution in [0.4, 0.5) is 11.4 Å². The van der Waals surface area contributed by atoms with Gasteiger partial charge in [0, 0.05) is 11.1 Å². The molecule has 3 rings (SSSR count). The first-order valence-electron chi connectivity index (χ1n) is 8.06. The molecule has 1 aromatic heterocycles. The molecular weight excluding hydrogens is 407 g/mol. The van der Waals surface area contributed by atoms with Crippen LogP contribution in [0.1, 0.15) is 21.9 Å². The number of nitro groups is 1. The second-order valence-electron chi connectivity index (χ2n) is 5.86. The molecule has 0 aliphatic heterocycles. The molecule has 0 fully saturated rings. The van der Waals surface area contributed by atoms with E-state index in [4.69, 9.17) is 32.4 Å². The summed E-state index contributed by atoms with van der Waals surface area (Å²) in [5.41, 5.74) is 0.603. The third-order valence-electron chi connectivity index (χ3n) is 3.75. The number of nitrogens with one attached hydrogen (secondary N) is 1. The molecule has 28 heavy (non-hydrogen) atoms. The molecule has 1 amide bonds. The first-order valence-corrected chi connectivity index (χ1v) is 8.82. The van der Waals surface area contributed by atoms with Crippen molar-refractivity contribution in [1.82, 2.24) is 0 Å². The van der Waals surface area contributed by atoms with Crippen LogP contribution < -0.4 is 10.1 Å². The van der Waals surface area contributed by atoms with Crippen molar-refractivity contribution in [3.05, 3.63) is 85.8 Å². The lowest BCUT2D eigenvalue weighted by Crippen LogP contribution is -2.12. The van der Waals surface area contributed by atoms with Gasteiger partial charge in [0.05, 0.1) is 9.95 Å². The van der Waals surface area contributed by atoms with Gasteiger partial charge in [0.2, 0.25) is 0 Å². The zero-order chi connectivity index (χ0) is 20.3. The Balaban J connectivity index is 1.68. The molecule has 0 atom stereocenters. The highest BCUT2D eigenvalue weighted by atomic mass is 35.5. The molecule has 0 bridgehead atoms. The fraction of sp³-hybridized carbons (Fsp3) is 0.105. The van der Waals surface area contributed by atoms with E-state index in [1.165, 1.54) is 18.2 Å². The lowest BCUT2D eigenvalue weighted by Gasteiger charge is -2.07. The zero-order valence-electron chi connectivity index (χ0n) is 14.6. The largest absolute Gasteiger partial charge is 0.484 e. The molecule has 0 saturated heterocycles.